The summed E-state index contributed by atoms with van der Waals surface area (Å²) in [7, 11) is 1.81. The molecule has 1 saturated heterocycles. The van der Waals surface area contributed by atoms with Gasteiger partial charge in [0.15, 0.2) is 0 Å². The first kappa shape index (κ1) is 33.5. The van der Waals surface area contributed by atoms with Gasteiger partial charge in [0.1, 0.15) is 0 Å². The zero-order chi connectivity index (χ0) is 31.6. The van der Waals surface area contributed by atoms with Gasteiger partial charge in [-0.1, -0.05) is 89.0 Å². The summed E-state index contributed by atoms with van der Waals surface area (Å²) in [6, 6.07) is 7.13. The van der Waals surface area contributed by atoms with Crippen molar-refractivity contribution >= 4 is 11.9 Å². The number of amides is 3. The van der Waals surface area contributed by atoms with Gasteiger partial charge in [0, 0.05) is 13.0 Å². The zero-order valence-corrected chi connectivity index (χ0v) is 28.8. The second-order valence-electron chi connectivity index (χ2n) is 15.7. The topological polar surface area (TPSA) is 60.9 Å². The molecule has 4 aliphatic rings. The molecular formula is C39H62N2O3. The predicted octanol–water partition coefficient (Wildman–Crippen LogP) is 9.04. The summed E-state index contributed by atoms with van der Waals surface area (Å²) in [5.74, 6) is 2.88. The number of rotatable bonds is 13. The molecule has 44 heavy (non-hydrogen) atoms. The van der Waals surface area contributed by atoms with Crippen LogP contribution in [0.1, 0.15) is 147 Å². The minimum atomic E-state index is -0.127. The van der Waals surface area contributed by atoms with Crippen molar-refractivity contribution in [3.63, 3.8) is 0 Å². The van der Waals surface area contributed by atoms with E-state index in [9.17, 15) is 14.7 Å². The van der Waals surface area contributed by atoms with E-state index < -0.39 is 0 Å². The van der Waals surface area contributed by atoms with Crippen molar-refractivity contribution in [2.75, 3.05) is 7.05 Å². The first-order valence-corrected chi connectivity index (χ1v) is 18.5. The Morgan fingerprint density at radius 3 is 2.39 bits per heavy atom. The van der Waals surface area contributed by atoms with Crippen LogP contribution in [0, 0.1) is 36.0 Å². The molecule has 1 heterocycles. The number of fused-ring (bicyclic) bond motifs is 5. The Bertz CT molecular complexity index is 1150. The monoisotopic (exact) mass is 606 g/mol. The van der Waals surface area contributed by atoms with E-state index in [1.807, 2.05) is 20.9 Å². The summed E-state index contributed by atoms with van der Waals surface area (Å²) in [5, 5.41) is 11.0. The molecule has 1 aromatic rings. The molecule has 3 unspecified atom stereocenters. The molecule has 246 valence electrons. The number of hydrogen-bond acceptors (Lipinski definition) is 3. The van der Waals surface area contributed by atoms with Crippen LogP contribution in [0.15, 0.2) is 18.2 Å². The van der Waals surface area contributed by atoms with Gasteiger partial charge in [-0.2, -0.15) is 0 Å². The molecule has 5 nitrogen and oxygen atoms in total. The fourth-order valence-corrected chi connectivity index (χ4v) is 10.1. The fraction of sp³-hybridized carbons (Fsp3) is 0.795. The number of urea groups is 1. The highest BCUT2D eigenvalue weighted by Gasteiger charge is 2.56. The van der Waals surface area contributed by atoms with Gasteiger partial charge in [-0.05, 0) is 112 Å². The van der Waals surface area contributed by atoms with Crippen LogP contribution in [-0.2, 0) is 11.2 Å². The van der Waals surface area contributed by atoms with Crippen molar-refractivity contribution in [3.8, 4) is 0 Å². The number of hydrogen-bond donors (Lipinski definition) is 1. The van der Waals surface area contributed by atoms with Crippen molar-refractivity contribution < 1.29 is 14.7 Å². The molecule has 0 bridgehead atoms. The molecule has 0 aromatic heterocycles. The van der Waals surface area contributed by atoms with Crippen LogP contribution in [0.5, 0.6) is 0 Å². The molecular weight excluding hydrogens is 544 g/mol. The zero-order valence-electron chi connectivity index (χ0n) is 28.8. The lowest BCUT2D eigenvalue weighted by atomic mass is 9.52. The molecule has 5 heteroatoms. The number of aryl methyl sites for hydroxylation is 1. The molecule has 1 N–H and O–H groups in total. The van der Waals surface area contributed by atoms with E-state index in [-0.39, 0.29) is 41.5 Å². The molecule has 5 rings (SSSR count). The van der Waals surface area contributed by atoms with Gasteiger partial charge < -0.3 is 10.0 Å². The van der Waals surface area contributed by atoms with Crippen LogP contribution >= 0.6 is 0 Å². The fourth-order valence-electron chi connectivity index (χ4n) is 10.1. The highest BCUT2D eigenvalue weighted by molar-refractivity contribution is 5.97. The lowest BCUT2D eigenvalue weighted by molar-refractivity contribution is -0.133. The van der Waals surface area contributed by atoms with Gasteiger partial charge in [-0.25, -0.2) is 4.79 Å². The minimum Gasteiger partial charge on any atom is -0.393 e. The first-order valence-electron chi connectivity index (χ1n) is 18.5. The Balaban J connectivity index is 1.06. The van der Waals surface area contributed by atoms with Crippen LogP contribution in [0.4, 0.5) is 4.79 Å². The average molecular weight is 607 g/mol. The number of imide groups is 1. The predicted molar refractivity (Wildman–Crippen MR) is 180 cm³/mol. The molecule has 1 aromatic carbocycles. The third-order valence-electron chi connectivity index (χ3n) is 13.1. The van der Waals surface area contributed by atoms with Gasteiger partial charge in [-0.15, -0.1) is 0 Å². The van der Waals surface area contributed by atoms with Crippen molar-refractivity contribution in [2.24, 2.45) is 29.1 Å². The normalized spacial score (nSPS) is 33.7. The summed E-state index contributed by atoms with van der Waals surface area (Å²) in [6.07, 6.45) is 18.6. The van der Waals surface area contributed by atoms with Gasteiger partial charge in [0.2, 0.25) is 5.91 Å². The molecule has 9 atom stereocenters. The Morgan fingerprint density at radius 2 is 1.70 bits per heavy atom. The number of benzene rings is 1. The third kappa shape index (κ3) is 6.51. The highest BCUT2D eigenvalue weighted by Crippen LogP contribution is 2.62. The Hall–Kier alpha value is -1.88. The molecule has 3 amide bonds. The summed E-state index contributed by atoms with van der Waals surface area (Å²) in [4.78, 5) is 29.3. The Labute approximate surface area is 268 Å². The SMILES string of the molecule is CCC[C@@H](CCCCCCCCC[C@@H]1Cc2cc(C)ccc2C2CC[C@@]3(C)C(CC[C@@H]3O)C21)C(=O)N1C(=O)N(C)[C@@H](C)[C@H]1C. The second kappa shape index (κ2) is 14.3. The number of carbonyl (C=O) groups is 2. The second-order valence-corrected chi connectivity index (χ2v) is 15.7. The number of nitrogens with zero attached hydrogens (tertiary/aromatic N) is 2. The molecule has 0 spiro atoms. The lowest BCUT2D eigenvalue weighted by Crippen LogP contribution is -2.47. The lowest BCUT2D eigenvalue weighted by Gasteiger charge is -2.53. The quantitative estimate of drug-likeness (QED) is 0.228. The van der Waals surface area contributed by atoms with Crippen LogP contribution in [0.2, 0.25) is 0 Å². The number of aliphatic hydroxyl groups excluding tert-OH is 1. The summed E-state index contributed by atoms with van der Waals surface area (Å²) >= 11 is 0. The third-order valence-corrected chi connectivity index (χ3v) is 13.1. The van der Waals surface area contributed by atoms with Crippen molar-refractivity contribution in [1.29, 1.82) is 0 Å². The van der Waals surface area contributed by atoms with E-state index in [2.05, 4.69) is 39.0 Å². The van der Waals surface area contributed by atoms with Gasteiger partial charge in [0.25, 0.3) is 0 Å². The van der Waals surface area contributed by atoms with Crippen molar-refractivity contribution in [3.05, 3.63) is 34.9 Å². The van der Waals surface area contributed by atoms with Gasteiger partial charge >= 0.3 is 6.03 Å². The average Bonchev–Trinajstić information content (AvgIpc) is 3.41. The molecule has 3 aliphatic carbocycles. The number of carbonyl (C=O) groups excluding carboxylic acids is 2. The van der Waals surface area contributed by atoms with E-state index in [4.69, 9.17) is 0 Å². The highest BCUT2D eigenvalue weighted by atomic mass is 16.3. The van der Waals surface area contributed by atoms with Gasteiger partial charge in [-0.3, -0.25) is 9.69 Å². The van der Waals surface area contributed by atoms with E-state index in [0.717, 1.165) is 43.9 Å². The Morgan fingerprint density at radius 1 is 1.00 bits per heavy atom. The maximum Gasteiger partial charge on any atom is 0.327 e. The maximum absolute atomic E-state index is 13.3. The van der Waals surface area contributed by atoms with Crippen LogP contribution in [0.3, 0.4) is 0 Å². The van der Waals surface area contributed by atoms with E-state index >= 15 is 0 Å². The molecule has 3 fully saturated rings. The molecule has 0 radical (unpaired) electrons. The van der Waals surface area contributed by atoms with Crippen LogP contribution in [0.25, 0.3) is 0 Å². The van der Waals surface area contributed by atoms with E-state index in [0.29, 0.717) is 11.8 Å². The maximum atomic E-state index is 13.3. The summed E-state index contributed by atoms with van der Waals surface area (Å²) in [6.45, 7) is 10.8. The van der Waals surface area contributed by atoms with E-state index in [1.165, 1.54) is 76.2 Å². The number of likely N-dealkylation sites (N-methyl/N-ethyl adjacent to an activating group) is 1. The Kier molecular flexibility index (Phi) is 10.9. The van der Waals surface area contributed by atoms with E-state index in [1.54, 1.807) is 20.9 Å². The summed E-state index contributed by atoms with van der Waals surface area (Å²) < 4.78 is 0. The summed E-state index contributed by atoms with van der Waals surface area (Å²) in [5.41, 5.74) is 4.76. The van der Waals surface area contributed by atoms with Crippen molar-refractivity contribution in [2.45, 2.75) is 161 Å². The van der Waals surface area contributed by atoms with Crippen LogP contribution < -0.4 is 0 Å². The van der Waals surface area contributed by atoms with Crippen molar-refractivity contribution in [1.82, 2.24) is 9.80 Å². The number of unbranched alkanes of at least 4 members (excludes halogenated alkanes) is 6. The largest absolute Gasteiger partial charge is 0.393 e. The smallest absolute Gasteiger partial charge is 0.327 e. The molecule has 2 saturated carbocycles. The minimum absolute atomic E-state index is 0.0269. The standard InChI is InChI=1S/C39H62N2O3/c1-7-15-29(37(43)41-28(4)27(3)40(6)38(41)44)16-13-11-9-8-10-12-14-17-30-25-31-24-26(2)18-19-32(31)33-22-23-39(5)34(36(30)33)20-21-35(39)42/h18-19,24,27-30,33-36,42H,7-17,20-23,25H2,1-6H3/t27-,28+,29-,30+,33?,34?,35-,36?,39-/m0/s1. The van der Waals surface area contributed by atoms with Gasteiger partial charge in [0.05, 0.1) is 18.2 Å². The first-order chi connectivity index (χ1) is 21.1. The molecule has 1 aliphatic heterocycles. The number of aliphatic hydroxyl groups is 1. The van der Waals surface area contributed by atoms with Crippen LogP contribution in [-0.4, -0.2) is 52.1 Å².